The third kappa shape index (κ3) is 4.46. The maximum absolute atomic E-state index is 13.3. The standard InChI is InChI=1S/C23H17N7O2S/c31-22(28-17-1-3-18(4-2-17)30-26-11-12-27-30)14-29(23(32)16-7-9-24-10-8-16)19-5-6-21-20(13-19)25-15-33-21/h1-13,15H,14H2,(H,28,31). The minimum absolute atomic E-state index is 0.167. The van der Waals surface area contributed by atoms with Crippen molar-refractivity contribution in [3.8, 4) is 5.69 Å². The molecule has 2 aromatic carbocycles. The Hall–Kier alpha value is -4.44. The number of nitrogens with zero attached hydrogens (tertiary/aromatic N) is 6. The molecule has 5 rings (SSSR count). The Morgan fingerprint density at radius 3 is 2.45 bits per heavy atom. The van der Waals surface area contributed by atoms with Crippen LogP contribution in [-0.2, 0) is 4.79 Å². The summed E-state index contributed by atoms with van der Waals surface area (Å²) in [6.45, 7) is -0.167. The van der Waals surface area contributed by atoms with Gasteiger partial charge in [0.15, 0.2) is 0 Å². The molecule has 3 heterocycles. The molecule has 2 amide bonds. The molecule has 0 spiro atoms. The number of fused-ring (bicyclic) bond motifs is 1. The number of pyridine rings is 1. The molecule has 162 valence electrons. The number of aromatic nitrogens is 5. The topological polar surface area (TPSA) is 106 Å². The van der Waals surface area contributed by atoms with E-state index in [0.29, 0.717) is 16.9 Å². The van der Waals surface area contributed by atoms with Crippen LogP contribution in [0.3, 0.4) is 0 Å². The Morgan fingerprint density at radius 2 is 1.70 bits per heavy atom. The van der Waals surface area contributed by atoms with Crippen molar-refractivity contribution in [3.63, 3.8) is 0 Å². The number of hydrogen-bond acceptors (Lipinski definition) is 7. The molecule has 0 radical (unpaired) electrons. The first kappa shape index (κ1) is 20.5. The zero-order chi connectivity index (χ0) is 22.6. The molecule has 1 N–H and O–H groups in total. The summed E-state index contributed by atoms with van der Waals surface area (Å²) < 4.78 is 1.01. The lowest BCUT2D eigenvalue weighted by Gasteiger charge is -2.22. The van der Waals surface area contributed by atoms with Crippen LogP contribution in [0, 0.1) is 0 Å². The second-order valence-corrected chi connectivity index (χ2v) is 7.93. The highest BCUT2D eigenvalue weighted by molar-refractivity contribution is 7.16. The minimum atomic E-state index is -0.333. The lowest BCUT2D eigenvalue weighted by molar-refractivity contribution is -0.114. The van der Waals surface area contributed by atoms with E-state index < -0.39 is 0 Å². The van der Waals surface area contributed by atoms with E-state index in [4.69, 9.17) is 0 Å². The Labute approximate surface area is 192 Å². The molecule has 0 aliphatic rings. The molecule has 5 aromatic rings. The number of thiazole rings is 1. The zero-order valence-corrected chi connectivity index (χ0v) is 18.0. The molecular formula is C23H17N7O2S. The van der Waals surface area contributed by atoms with Crippen LogP contribution in [0.2, 0.25) is 0 Å². The summed E-state index contributed by atoms with van der Waals surface area (Å²) in [7, 11) is 0. The lowest BCUT2D eigenvalue weighted by Crippen LogP contribution is -2.38. The molecule has 9 nitrogen and oxygen atoms in total. The first-order chi connectivity index (χ1) is 16.2. The van der Waals surface area contributed by atoms with Crippen LogP contribution >= 0.6 is 11.3 Å². The molecule has 0 aliphatic heterocycles. The molecule has 0 atom stereocenters. The number of carbonyl (C=O) groups excluding carboxylic acids is 2. The van der Waals surface area contributed by atoms with Crippen LogP contribution in [0.15, 0.2) is 84.9 Å². The third-order valence-electron chi connectivity index (χ3n) is 4.90. The quantitative estimate of drug-likeness (QED) is 0.420. The molecule has 0 fully saturated rings. The van der Waals surface area contributed by atoms with E-state index in [2.05, 4.69) is 25.5 Å². The van der Waals surface area contributed by atoms with Gasteiger partial charge in [0.25, 0.3) is 5.91 Å². The number of amides is 2. The Kier molecular flexibility index (Phi) is 5.56. The van der Waals surface area contributed by atoms with Gasteiger partial charge in [-0.25, -0.2) is 4.98 Å². The van der Waals surface area contributed by atoms with Crippen molar-refractivity contribution in [2.45, 2.75) is 0 Å². The smallest absolute Gasteiger partial charge is 0.258 e. The highest BCUT2D eigenvalue weighted by Crippen LogP contribution is 2.25. The average Bonchev–Trinajstić information content (AvgIpc) is 3.55. The maximum atomic E-state index is 13.3. The summed E-state index contributed by atoms with van der Waals surface area (Å²) in [5.41, 5.74) is 4.91. The third-order valence-corrected chi connectivity index (χ3v) is 5.71. The first-order valence-corrected chi connectivity index (χ1v) is 10.9. The number of hydrogen-bond donors (Lipinski definition) is 1. The second kappa shape index (κ2) is 8.97. The van der Waals surface area contributed by atoms with Crippen molar-refractivity contribution in [2.75, 3.05) is 16.8 Å². The van der Waals surface area contributed by atoms with Crippen LogP contribution in [-0.4, -0.2) is 43.3 Å². The first-order valence-electron chi connectivity index (χ1n) is 9.99. The normalized spacial score (nSPS) is 10.8. The monoisotopic (exact) mass is 455 g/mol. The van der Waals surface area contributed by atoms with Gasteiger partial charge in [-0.15, -0.1) is 11.3 Å². The summed E-state index contributed by atoms with van der Waals surface area (Å²) in [4.78, 5) is 37.4. The predicted octanol–water partition coefficient (Wildman–Crippen LogP) is 3.56. The van der Waals surface area contributed by atoms with Crippen LogP contribution in [0.1, 0.15) is 10.4 Å². The molecular weight excluding hydrogens is 438 g/mol. The molecule has 0 saturated heterocycles. The maximum Gasteiger partial charge on any atom is 0.258 e. The summed E-state index contributed by atoms with van der Waals surface area (Å²) in [6.07, 6.45) is 6.27. The zero-order valence-electron chi connectivity index (χ0n) is 17.2. The van der Waals surface area contributed by atoms with Crippen LogP contribution in [0.5, 0.6) is 0 Å². The van der Waals surface area contributed by atoms with Gasteiger partial charge >= 0.3 is 0 Å². The Balaban J connectivity index is 1.38. The summed E-state index contributed by atoms with van der Waals surface area (Å²) >= 11 is 1.52. The van der Waals surface area contributed by atoms with Crippen molar-refractivity contribution in [2.24, 2.45) is 0 Å². The van der Waals surface area contributed by atoms with E-state index in [9.17, 15) is 9.59 Å². The van der Waals surface area contributed by atoms with Gasteiger partial charge in [-0.05, 0) is 54.6 Å². The van der Waals surface area contributed by atoms with E-state index in [1.54, 1.807) is 66.7 Å². The highest BCUT2D eigenvalue weighted by Gasteiger charge is 2.21. The fourth-order valence-corrected chi connectivity index (χ4v) is 3.97. The minimum Gasteiger partial charge on any atom is -0.325 e. The van der Waals surface area contributed by atoms with Gasteiger partial charge in [0, 0.05) is 29.3 Å². The molecule has 0 aliphatic carbocycles. The molecule has 33 heavy (non-hydrogen) atoms. The van der Waals surface area contributed by atoms with Crippen molar-refractivity contribution < 1.29 is 9.59 Å². The van der Waals surface area contributed by atoms with Crippen LogP contribution < -0.4 is 10.2 Å². The van der Waals surface area contributed by atoms with Crippen LogP contribution in [0.25, 0.3) is 15.9 Å². The van der Waals surface area contributed by atoms with E-state index >= 15 is 0 Å². The largest absolute Gasteiger partial charge is 0.325 e. The fourth-order valence-electron chi connectivity index (χ4n) is 3.32. The second-order valence-electron chi connectivity index (χ2n) is 7.05. The van der Waals surface area contributed by atoms with E-state index in [-0.39, 0.29) is 18.4 Å². The van der Waals surface area contributed by atoms with Crippen molar-refractivity contribution >= 4 is 44.7 Å². The van der Waals surface area contributed by atoms with Gasteiger partial charge in [0.1, 0.15) is 6.54 Å². The molecule has 0 unspecified atom stereocenters. The number of rotatable bonds is 6. The Morgan fingerprint density at radius 1 is 0.939 bits per heavy atom. The summed E-state index contributed by atoms with van der Waals surface area (Å²) in [5.74, 6) is -0.636. The number of anilines is 2. The van der Waals surface area contributed by atoms with Crippen molar-refractivity contribution in [3.05, 3.63) is 90.5 Å². The van der Waals surface area contributed by atoms with Gasteiger partial charge < -0.3 is 5.32 Å². The summed E-state index contributed by atoms with van der Waals surface area (Å²) in [5, 5.41) is 11.0. The highest BCUT2D eigenvalue weighted by atomic mass is 32.1. The van der Waals surface area contributed by atoms with Gasteiger partial charge in [-0.3, -0.25) is 19.5 Å². The Bertz CT molecular complexity index is 1400. The van der Waals surface area contributed by atoms with Gasteiger partial charge in [-0.2, -0.15) is 15.0 Å². The molecule has 10 heteroatoms. The van der Waals surface area contributed by atoms with E-state index in [1.165, 1.54) is 21.0 Å². The molecule has 0 saturated carbocycles. The summed E-state index contributed by atoms with van der Waals surface area (Å²) in [6, 6.07) is 15.9. The van der Waals surface area contributed by atoms with E-state index in [1.807, 2.05) is 18.2 Å². The van der Waals surface area contributed by atoms with Gasteiger partial charge in [0.2, 0.25) is 5.91 Å². The molecule has 3 aromatic heterocycles. The van der Waals surface area contributed by atoms with Crippen molar-refractivity contribution in [1.82, 2.24) is 25.0 Å². The number of nitrogens with one attached hydrogen (secondary N) is 1. The number of carbonyl (C=O) groups is 2. The van der Waals surface area contributed by atoms with Gasteiger partial charge in [-0.1, -0.05) is 0 Å². The average molecular weight is 456 g/mol. The predicted molar refractivity (Wildman–Crippen MR) is 126 cm³/mol. The number of benzene rings is 2. The van der Waals surface area contributed by atoms with Crippen LogP contribution in [0.4, 0.5) is 11.4 Å². The lowest BCUT2D eigenvalue weighted by atomic mass is 10.2. The van der Waals surface area contributed by atoms with Crippen molar-refractivity contribution in [1.29, 1.82) is 0 Å². The fraction of sp³-hybridized carbons (Fsp3) is 0.0435. The van der Waals surface area contributed by atoms with Gasteiger partial charge in [0.05, 0.1) is 33.8 Å². The van der Waals surface area contributed by atoms with E-state index in [0.717, 1.165) is 15.9 Å². The molecule has 0 bridgehead atoms. The SMILES string of the molecule is O=C(CN(C(=O)c1ccncc1)c1ccc2scnc2c1)Nc1ccc(-n2nccn2)cc1.